The molecule has 0 unspecified atom stereocenters. The Labute approximate surface area is 227 Å². The summed E-state index contributed by atoms with van der Waals surface area (Å²) in [5, 5.41) is 0. The molecule has 2 fully saturated rings. The van der Waals surface area contributed by atoms with Gasteiger partial charge in [0.2, 0.25) is 0 Å². The molecule has 3 aliphatic rings. The van der Waals surface area contributed by atoms with E-state index in [4.69, 9.17) is 0 Å². The number of benzene rings is 3. The van der Waals surface area contributed by atoms with Crippen molar-refractivity contribution in [1.29, 1.82) is 0 Å². The van der Waals surface area contributed by atoms with E-state index >= 15 is 0 Å². The summed E-state index contributed by atoms with van der Waals surface area (Å²) >= 11 is 2.05. The van der Waals surface area contributed by atoms with Crippen molar-refractivity contribution in [2.45, 2.75) is 61.9 Å². The molecular formula is C33H41N3S. The number of thioether (sulfide) groups is 1. The van der Waals surface area contributed by atoms with Crippen molar-refractivity contribution in [3.63, 3.8) is 0 Å². The van der Waals surface area contributed by atoms with Gasteiger partial charge in [0, 0.05) is 61.1 Å². The van der Waals surface area contributed by atoms with Crippen LogP contribution in [-0.2, 0) is 6.54 Å². The van der Waals surface area contributed by atoms with E-state index in [1.54, 1.807) is 5.56 Å². The SMILES string of the molecule is c1ccc(C(CCN2CCN(c3ccc4c(c3)CN(C3CCCCC3)CS4)CC2)c2ccccc2)cc1. The van der Waals surface area contributed by atoms with Gasteiger partial charge in [0.05, 0.1) is 0 Å². The summed E-state index contributed by atoms with van der Waals surface area (Å²) in [6, 6.07) is 30.2. The maximum absolute atomic E-state index is 2.75. The summed E-state index contributed by atoms with van der Waals surface area (Å²) in [6.45, 7) is 6.84. The molecule has 3 aromatic rings. The van der Waals surface area contributed by atoms with Crippen LogP contribution < -0.4 is 4.90 Å². The third-order valence-corrected chi connectivity index (χ3v) is 9.94. The Morgan fingerprint density at radius 2 is 1.43 bits per heavy atom. The second kappa shape index (κ2) is 12.1. The summed E-state index contributed by atoms with van der Waals surface area (Å²) in [7, 11) is 0. The van der Waals surface area contributed by atoms with E-state index in [0.29, 0.717) is 5.92 Å². The van der Waals surface area contributed by atoms with E-state index < -0.39 is 0 Å². The zero-order valence-corrected chi connectivity index (χ0v) is 22.9. The third-order valence-electron chi connectivity index (χ3n) is 8.77. The number of hydrogen-bond acceptors (Lipinski definition) is 4. The highest BCUT2D eigenvalue weighted by Crippen LogP contribution is 2.36. The average Bonchev–Trinajstić information content (AvgIpc) is 2.98. The van der Waals surface area contributed by atoms with Gasteiger partial charge in [-0.1, -0.05) is 79.9 Å². The number of hydrogen-bond donors (Lipinski definition) is 0. The van der Waals surface area contributed by atoms with Crippen LogP contribution in [-0.4, -0.2) is 54.4 Å². The van der Waals surface area contributed by atoms with Crippen LogP contribution in [0.2, 0.25) is 0 Å². The minimum absolute atomic E-state index is 0.464. The van der Waals surface area contributed by atoms with Crippen molar-refractivity contribution >= 4 is 17.4 Å². The van der Waals surface area contributed by atoms with Gasteiger partial charge in [-0.3, -0.25) is 9.80 Å². The summed E-state index contributed by atoms with van der Waals surface area (Å²) in [5.74, 6) is 1.63. The van der Waals surface area contributed by atoms with Crippen molar-refractivity contribution in [1.82, 2.24) is 9.80 Å². The molecular weight excluding hydrogens is 470 g/mol. The molecule has 2 heterocycles. The second-order valence-corrected chi connectivity index (χ2v) is 12.1. The zero-order chi connectivity index (χ0) is 24.9. The monoisotopic (exact) mass is 511 g/mol. The van der Waals surface area contributed by atoms with Crippen LogP contribution in [0.4, 0.5) is 5.69 Å². The zero-order valence-electron chi connectivity index (χ0n) is 22.1. The summed E-state index contributed by atoms with van der Waals surface area (Å²) in [6.07, 6.45) is 8.23. The average molecular weight is 512 g/mol. The quantitative estimate of drug-likeness (QED) is 0.331. The normalized spacial score (nSPS) is 19.8. The van der Waals surface area contributed by atoms with Crippen molar-refractivity contribution in [2.24, 2.45) is 0 Å². The molecule has 1 aliphatic carbocycles. The lowest BCUT2D eigenvalue weighted by molar-refractivity contribution is 0.172. The molecule has 4 heteroatoms. The van der Waals surface area contributed by atoms with Crippen LogP contribution in [0, 0.1) is 0 Å². The van der Waals surface area contributed by atoms with Gasteiger partial charge >= 0.3 is 0 Å². The van der Waals surface area contributed by atoms with Crippen LogP contribution in [0.25, 0.3) is 0 Å². The number of anilines is 1. The van der Waals surface area contributed by atoms with Gasteiger partial charge in [-0.2, -0.15) is 0 Å². The Hall–Kier alpha value is -2.27. The lowest BCUT2D eigenvalue weighted by Crippen LogP contribution is -2.47. The minimum atomic E-state index is 0.464. The number of nitrogens with zero attached hydrogens (tertiary/aromatic N) is 3. The van der Waals surface area contributed by atoms with Gasteiger partial charge < -0.3 is 4.90 Å². The van der Waals surface area contributed by atoms with Crippen LogP contribution in [0.1, 0.15) is 61.1 Å². The molecule has 0 spiro atoms. The fourth-order valence-corrected chi connectivity index (χ4v) is 7.64. The van der Waals surface area contributed by atoms with E-state index in [0.717, 1.165) is 45.3 Å². The van der Waals surface area contributed by atoms with Crippen molar-refractivity contribution in [2.75, 3.05) is 43.5 Å². The van der Waals surface area contributed by atoms with Crippen LogP contribution in [0.15, 0.2) is 83.8 Å². The molecule has 37 heavy (non-hydrogen) atoms. The maximum atomic E-state index is 2.75. The largest absolute Gasteiger partial charge is 0.369 e. The van der Waals surface area contributed by atoms with Gasteiger partial charge in [0.15, 0.2) is 0 Å². The first-order chi connectivity index (χ1) is 18.3. The number of piperazine rings is 1. The highest BCUT2D eigenvalue weighted by Gasteiger charge is 2.26. The summed E-state index contributed by atoms with van der Waals surface area (Å²) in [5.41, 5.74) is 5.84. The summed E-state index contributed by atoms with van der Waals surface area (Å²) in [4.78, 5) is 9.55. The number of rotatable bonds is 7. The van der Waals surface area contributed by atoms with Crippen LogP contribution in [0.5, 0.6) is 0 Å². The topological polar surface area (TPSA) is 9.72 Å². The van der Waals surface area contributed by atoms with Crippen LogP contribution in [0.3, 0.4) is 0 Å². The van der Waals surface area contributed by atoms with Gasteiger partial charge in [0.25, 0.3) is 0 Å². The number of fused-ring (bicyclic) bond motifs is 1. The highest BCUT2D eigenvalue weighted by molar-refractivity contribution is 7.99. The molecule has 194 valence electrons. The Morgan fingerprint density at radius 3 is 2.11 bits per heavy atom. The van der Waals surface area contributed by atoms with E-state index in [1.807, 2.05) is 0 Å². The fraction of sp³-hybridized carbons (Fsp3) is 0.455. The van der Waals surface area contributed by atoms with Crippen molar-refractivity contribution in [3.8, 4) is 0 Å². The molecule has 0 N–H and O–H groups in total. The Kier molecular flexibility index (Phi) is 8.16. The Bertz CT molecular complexity index is 1080. The minimum Gasteiger partial charge on any atom is -0.369 e. The third kappa shape index (κ3) is 6.08. The molecule has 3 aromatic carbocycles. The van der Waals surface area contributed by atoms with E-state index in [-0.39, 0.29) is 0 Å². The van der Waals surface area contributed by atoms with E-state index in [2.05, 4.69) is 105 Å². The molecule has 0 bridgehead atoms. The smallest absolute Gasteiger partial charge is 0.0498 e. The lowest BCUT2D eigenvalue weighted by atomic mass is 9.88. The van der Waals surface area contributed by atoms with Gasteiger partial charge in [0.1, 0.15) is 0 Å². The molecule has 6 rings (SSSR count). The molecule has 0 atom stereocenters. The summed E-state index contributed by atoms with van der Waals surface area (Å²) < 4.78 is 0. The maximum Gasteiger partial charge on any atom is 0.0498 e. The van der Waals surface area contributed by atoms with Crippen molar-refractivity contribution in [3.05, 3.63) is 95.6 Å². The first kappa shape index (κ1) is 25.0. The van der Waals surface area contributed by atoms with Gasteiger partial charge in [-0.25, -0.2) is 0 Å². The van der Waals surface area contributed by atoms with Gasteiger partial charge in [-0.15, -0.1) is 11.8 Å². The predicted molar refractivity (Wildman–Crippen MR) is 158 cm³/mol. The Morgan fingerprint density at radius 1 is 0.757 bits per heavy atom. The standard InChI is InChI=1S/C33H41N3S/c1-4-10-27(11-5-1)32(28-12-6-2-7-13-28)18-19-34-20-22-35(23-21-34)31-16-17-33-29(24-31)25-36(26-37-33)30-14-8-3-9-15-30/h1-2,4-7,10-13,16-17,24,30,32H,3,8-9,14-15,18-23,25-26H2. The first-order valence-corrected chi connectivity index (χ1v) is 15.4. The Balaban J connectivity index is 1.05. The van der Waals surface area contributed by atoms with Gasteiger partial charge in [-0.05, 0) is 60.7 Å². The second-order valence-electron chi connectivity index (χ2n) is 11.1. The molecule has 1 saturated heterocycles. The molecule has 0 radical (unpaired) electrons. The van der Waals surface area contributed by atoms with E-state index in [1.165, 1.54) is 66.1 Å². The van der Waals surface area contributed by atoms with E-state index in [9.17, 15) is 0 Å². The first-order valence-electron chi connectivity index (χ1n) is 14.4. The highest BCUT2D eigenvalue weighted by atomic mass is 32.2. The molecule has 0 aromatic heterocycles. The predicted octanol–water partition coefficient (Wildman–Crippen LogP) is 7.23. The molecule has 3 nitrogen and oxygen atoms in total. The van der Waals surface area contributed by atoms with Crippen LogP contribution >= 0.6 is 11.8 Å². The lowest BCUT2D eigenvalue weighted by Gasteiger charge is -2.39. The van der Waals surface area contributed by atoms with Crippen molar-refractivity contribution < 1.29 is 0 Å². The molecule has 1 saturated carbocycles. The molecule has 0 amide bonds. The molecule has 2 aliphatic heterocycles. The fourth-order valence-electron chi connectivity index (χ4n) is 6.56.